The SMILES string of the molecule is Cc1c(-c2ccccc2)sc(NC(=O)c2ccoc2)c1C(=O)N1CCCCC1. The Morgan fingerprint density at radius 3 is 2.50 bits per heavy atom. The number of nitrogens with zero attached hydrogens (tertiary/aromatic N) is 1. The molecule has 4 rings (SSSR count). The van der Waals surface area contributed by atoms with Crippen molar-refractivity contribution in [1.82, 2.24) is 4.90 Å². The van der Waals surface area contributed by atoms with E-state index in [1.165, 1.54) is 23.9 Å². The van der Waals surface area contributed by atoms with E-state index in [4.69, 9.17) is 4.42 Å². The average Bonchev–Trinajstić information content (AvgIpc) is 3.37. The van der Waals surface area contributed by atoms with Crippen LogP contribution < -0.4 is 5.32 Å². The number of piperidine rings is 1. The summed E-state index contributed by atoms with van der Waals surface area (Å²) in [6.45, 7) is 3.50. The van der Waals surface area contributed by atoms with Crippen LogP contribution in [-0.2, 0) is 0 Å². The van der Waals surface area contributed by atoms with Crippen LogP contribution in [0.15, 0.2) is 53.3 Å². The smallest absolute Gasteiger partial charge is 0.259 e. The highest BCUT2D eigenvalue weighted by Crippen LogP contribution is 2.41. The minimum absolute atomic E-state index is 0.00174. The number of benzene rings is 1. The molecule has 3 aromatic rings. The predicted molar refractivity (Wildman–Crippen MR) is 111 cm³/mol. The molecule has 28 heavy (non-hydrogen) atoms. The number of likely N-dealkylation sites (tertiary alicyclic amines) is 1. The number of hydrogen-bond acceptors (Lipinski definition) is 4. The quantitative estimate of drug-likeness (QED) is 0.662. The maximum Gasteiger partial charge on any atom is 0.259 e. The molecule has 0 radical (unpaired) electrons. The van der Waals surface area contributed by atoms with Gasteiger partial charge in [0.25, 0.3) is 11.8 Å². The van der Waals surface area contributed by atoms with Gasteiger partial charge in [-0.25, -0.2) is 0 Å². The number of anilines is 1. The van der Waals surface area contributed by atoms with E-state index in [0.717, 1.165) is 48.4 Å². The zero-order chi connectivity index (χ0) is 19.5. The summed E-state index contributed by atoms with van der Waals surface area (Å²) in [4.78, 5) is 28.8. The van der Waals surface area contributed by atoms with Crippen LogP contribution in [0.2, 0.25) is 0 Å². The van der Waals surface area contributed by atoms with Crippen LogP contribution in [0.1, 0.15) is 45.5 Å². The molecule has 0 saturated carbocycles. The van der Waals surface area contributed by atoms with E-state index in [0.29, 0.717) is 16.1 Å². The van der Waals surface area contributed by atoms with E-state index in [1.54, 1.807) is 6.07 Å². The molecular weight excluding hydrogens is 372 g/mol. The van der Waals surface area contributed by atoms with Crippen LogP contribution in [-0.4, -0.2) is 29.8 Å². The van der Waals surface area contributed by atoms with Crippen LogP contribution >= 0.6 is 11.3 Å². The molecule has 1 saturated heterocycles. The van der Waals surface area contributed by atoms with Crippen molar-refractivity contribution in [2.45, 2.75) is 26.2 Å². The number of hydrogen-bond donors (Lipinski definition) is 1. The predicted octanol–water partition coefficient (Wildman–Crippen LogP) is 5.19. The summed E-state index contributed by atoms with van der Waals surface area (Å²) in [6, 6.07) is 11.6. The lowest BCUT2D eigenvalue weighted by molar-refractivity contribution is 0.0725. The molecule has 144 valence electrons. The number of carbonyl (C=O) groups excluding carboxylic acids is 2. The van der Waals surface area contributed by atoms with Crippen molar-refractivity contribution in [2.75, 3.05) is 18.4 Å². The molecule has 1 fully saturated rings. The molecule has 3 heterocycles. The topological polar surface area (TPSA) is 62.6 Å². The van der Waals surface area contributed by atoms with Crippen molar-refractivity contribution >= 4 is 28.2 Å². The second-order valence-electron chi connectivity index (χ2n) is 6.95. The Kier molecular flexibility index (Phi) is 5.30. The van der Waals surface area contributed by atoms with Gasteiger partial charge < -0.3 is 14.6 Å². The van der Waals surface area contributed by atoms with E-state index in [1.807, 2.05) is 42.2 Å². The summed E-state index contributed by atoms with van der Waals surface area (Å²) >= 11 is 1.45. The summed E-state index contributed by atoms with van der Waals surface area (Å²) in [7, 11) is 0. The van der Waals surface area contributed by atoms with E-state index < -0.39 is 0 Å². The molecule has 0 aliphatic carbocycles. The van der Waals surface area contributed by atoms with Crippen LogP contribution in [0.25, 0.3) is 10.4 Å². The van der Waals surface area contributed by atoms with Gasteiger partial charge >= 0.3 is 0 Å². The highest BCUT2D eigenvalue weighted by Gasteiger charge is 2.28. The Morgan fingerprint density at radius 1 is 1.07 bits per heavy atom. The van der Waals surface area contributed by atoms with Crippen LogP contribution in [0.3, 0.4) is 0 Å². The lowest BCUT2D eigenvalue weighted by Gasteiger charge is -2.27. The highest BCUT2D eigenvalue weighted by molar-refractivity contribution is 7.20. The number of amides is 2. The molecular formula is C22H22N2O3S. The van der Waals surface area contributed by atoms with Crippen molar-refractivity contribution in [3.8, 4) is 10.4 Å². The third kappa shape index (κ3) is 3.60. The molecule has 1 aliphatic heterocycles. The Morgan fingerprint density at radius 2 is 1.82 bits per heavy atom. The number of nitrogens with one attached hydrogen (secondary N) is 1. The van der Waals surface area contributed by atoms with Crippen molar-refractivity contribution in [3.05, 3.63) is 65.6 Å². The zero-order valence-electron chi connectivity index (χ0n) is 15.7. The first-order valence-corrected chi connectivity index (χ1v) is 10.3. The van der Waals surface area contributed by atoms with Gasteiger partial charge in [-0.2, -0.15) is 0 Å². The van der Waals surface area contributed by atoms with Gasteiger partial charge in [0.15, 0.2) is 0 Å². The monoisotopic (exact) mass is 394 g/mol. The fourth-order valence-corrected chi connectivity index (χ4v) is 4.75. The minimum Gasteiger partial charge on any atom is -0.472 e. The van der Waals surface area contributed by atoms with Gasteiger partial charge in [-0.3, -0.25) is 9.59 Å². The molecule has 1 N–H and O–H groups in total. The molecule has 2 aromatic heterocycles. The summed E-state index contributed by atoms with van der Waals surface area (Å²) in [5.41, 5.74) is 2.99. The summed E-state index contributed by atoms with van der Waals surface area (Å²) in [5.74, 6) is -0.277. The van der Waals surface area contributed by atoms with Gasteiger partial charge in [0.1, 0.15) is 11.3 Å². The minimum atomic E-state index is -0.276. The standard InChI is InChI=1S/C22H22N2O3S/c1-15-18(22(26)24-11-6-3-7-12-24)21(23-20(25)17-10-13-27-14-17)28-19(15)16-8-4-2-5-9-16/h2,4-5,8-10,13-14H,3,6-7,11-12H2,1H3,(H,23,25). The Bertz CT molecular complexity index is 971. The Labute approximate surface area is 168 Å². The normalized spacial score (nSPS) is 14.1. The van der Waals surface area contributed by atoms with Gasteiger partial charge in [0.2, 0.25) is 0 Å². The highest BCUT2D eigenvalue weighted by atomic mass is 32.1. The lowest BCUT2D eigenvalue weighted by atomic mass is 10.0. The van der Waals surface area contributed by atoms with E-state index in [2.05, 4.69) is 5.32 Å². The fraction of sp³-hybridized carbons (Fsp3) is 0.273. The summed E-state index contributed by atoms with van der Waals surface area (Å²) < 4.78 is 5.01. The number of thiophene rings is 1. The molecule has 0 spiro atoms. The first-order valence-electron chi connectivity index (χ1n) is 9.47. The lowest BCUT2D eigenvalue weighted by Crippen LogP contribution is -2.36. The molecule has 5 nitrogen and oxygen atoms in total. The molecule has 1 aliphatic rings. The third-order valence-corrected chi connectivity index (χ3v) is 6.31. The molecule has 0 unspecified atom stereocenters. The Hall–Kier alpha value is -2.86. The van der Waals surface area contributed by atoms with Gasteiger partial charge in [-0.05, 0) is 43.4 Å². The molecule has 1 aromatic carbocycles. The second kappa shape index (κ2) is 8.02. The molecule has 6 heteroatoms. The maximum absolute atomic E-state index is 13.3. The average molecular weight is 394 g/mol. The maximum atomic E-state index is 13.3. The number of rotatable bonds is 4. The number of carbonyl (C=O) groups is 2. The zero-order valence-corrected chi connectivity index (χ0v) is 16.6. The van der Waals surface area contributed by atoms with Gasteiger partial charge in [0, 0.05) is 18.0 Å². The van der Waals surface area contributed by atoms with E-state index in [-0.39, 0.29) is 11.8 Å². The first-order chi connectivity index (χ1) is 13.6. The van der Waals surface area contributed by atoms with Crippen molar-refractivity contribution < 1.29 is 14.0 Å². The van der Waals surface area contributed by atoms with Gasteiger partial charge in [-0.1, -0.05) is 30.3 Å². The molecule has 2 amide bonds. The second-order valence-corrected chi connectivity index (χ2v) is 7.97. The fourth-order valence-electron chi connectivity index (χ4n) is 3.55. The van der Waals surface area contributed by atoms with Crippen LogP contribution in [0.5, 0.6) is 0 Å². The van der Waals surface area contributed by atoms with Crippen molar-refractivity contribution in [1.29, 1.82) is 0 Å². The summed E-state index contributed by atoms with van der Waals surface area (Å²) in [6.07, 6.45) is 6.07. The van der Waals surface area contributed by atoms with Crippen LogP contribution in [0, 0.1) is 6.92 Å². The van der Waals surface area contributed by atoms with Crippen molar-refractivity contribution in [2.24, 2.45) is 0 Å². The van der Waals surface area contributed by atoms with Gasteiger partial charge in [0.05, 0.1) is 17.4 Å². The van der Waals surface area contributed by atoms with Crippen molar-refractivity contribution in [3.63, 3.8) is 0 Å². The largest absolute Gasteiger partial charge is 0.472 e. The van der Waals surface area contributed by atoms with E-state index in [9.17, 15) is 9.59 Å². The molecule has 0 bridgehead atoms. The van der Waals surface area contributed by atoms with E-state index >= 15 is 0 Å². The third-order valence-electron chi connectivity index (χ3n) is 5.05. The van der Waals surface area contributed by atoms with Crippen LogP contribution in [0.4, 0.5) is 5.00 Å². The summed E-state index contributed by atoms with van der Waals surface area (Å²) in [5, 5.41) is 3.53. The number of furan rings is 1. The first kappa shape index (κ1) is 18.5. The Balaban J connectivity index is 1.74. The molecule has 0 atom stereocenters. The van der Waals surface area contributed by atoms with Gasteiger partial charge in [-0.15, -0.1) is 11.3 Å².